The summed E-state index contributed by atoms with van der Waals surface area (Å²) in [5.41, 5.74) is -0.0519. The zero-order valence-corrected chi connectivity index (χ0v) is 11.8. The minimum absolute atomic E-state index is 0.219. The Morgan fingerprint density at radius 1 is 1.56 bits per heavy atom. The number of rotatable bonds is 5. The van der Waals surface area contributed by atoms with Crippen molar-refractivity contribution in [2.45, 2.75) is 58.1 Å². The van der Waals surface area contributed by atoms with Gasteiger partial charge in [0.05, 0.1) is 13.3 Å². The highest BCUT2D eigenvalue weighted by molar-refractivity contribution is 5.31. The first kappa shape index (κ1) is 13.4. The van der Waals surface area contributed by atoms with Crippen LogP contribution in [0.5, 0.6) is 5.75 Å². The number of hydrogen-bond acceptors (Lipinski definition) is 3. The molecule has 1 heterocycles. The number of aromatic nitrogens is 2. The highest BCUT2D eigenvalue weighted by Gasteiger charge is 2.36. The highest BCUT2D eigenvalue weighted by atomic mass is 16.5. The second-order valence-corrected chi connectivity index (χ2v) is 5.87. The lowest BCUT2D eigenvalue weighted by molar-refractivity contribution is 0.00533. The molecule has 1 saturated carbocycles. The Morgan fingerprint density at radius 3 is 2.67 bits per heavy atom. The smallest absolute Gasteiger partial charge is 0.162 e. The van der Waals surface area contributed by atoms with Crippen LogP contribution in [0, 0.1) is 5.92 Å². The van der Waals surface area contributed by atoms with Crippen molar-refractivity contribution in [2.24, 2.45) is 5.92 Å². The molecule has 0 bridgehead atoms. The Morgan fingerprint density at radius 2 is 2.22 bits per heavy atom. The second-order valence-electron chi connectivity index (χ2n) is 5.87. The third-order valence-electron chi connectivity index (χ3n) is 3.89. The standard InChI is InChI=1S/C14H24N2O2/c1-10(2)16-13(12(18-4)9-15-16)14(3,17)8-11-6-5-7-11/h9-11,17H,5-8H2,1-4H3. The van der Waals surface area contributed by atoms with Crippen molar-refractivity contribution in [1.82, 2.24) is 9.78 Å². The molecule has 0 saturated heterocycles. The van der Waals surface area contributed by atoms with Crippen molar-refractivity contribution in [1.29, 1.82) is 0 Å². The molecule has 1 N–H and O–H groups in total. The van der Waals surface area contributed by atoms with E-state index >= 15 is 0 Å². The van der Waals surface area contributed by atoms with Gasteiger partial charge in [0, 0.05) is 6.04 Å². The summed E-state index contributed by atoms with van der Waals surface area (Å²) in [7, 11) is 1.63. The zero-order valence-electron chi connectivity index (χ0n) is 11.8. The molecule has 0 aliphatic heterocycles. The topological polar surface area (TPSA) is 47.3 Å². The number of hydrogen-bond donors (Lipinski definition) is 1. The summed E-state index contributed by atoms with van der Waals surface area (Å²) >= 11 is 0. The van der Waals surface area contributed by atoms with Gasteiger partial charge >= 0.3 is 0 Å². The molecule has 1 aliphatic rings. The van der Waals surface area contributed by atoms with Crippen molar-refractivity contribution >= 4 is 0 Å². The maximum atomic E-state index is 10.8. The zero-order chi connectivity index (χ0) is 13.3. The van der Waals surface area contributed by atoms with Gasteiger partial charge in [0.15, 0.2) is 5.75 Å². The molecule has 4 heteroatoms. The van der Waals surface area contributed by atoms with Gasteiger partial charge in [-0.25, -0.2) is 0 Å². The van der Waals surface area contributed by atoms with Crippen LogP contribution in [0.15, 0.2) is 6.20 Å². The number of methoxy groups -OCH3 is 1. The summed E-state index contributed by atoms with van der Waals surface area (Å²) in [6, 6.07) is 0.219. The van der Waals surface area contributed by atoms with Gasteiger partial charge in [-0.1, -0.05) is 19.3 Å². The monoisotopic (exact) mass is 252 g/mol. The van der Waals surface area contributed by atoms with Gasteiger partial charge in [0.2, 0.25) is 0 Å². The lowest BCUT2D eigenvalue weighted by Crippen LogP contribution is -2.31. The fourth-order valence-corrected chi connectivity index (χ4v) is 2.76. The van der Waals surface area contributed by atoms with Crippen LogP contribution in [0.25, 0.3) is 0 Å². The molecule has 0 radical (unpaired) electrons. The Balaban J connectivity index is 2.30. The molecule has 1 aromatic heterocycles. The number of ether oxygens (including phenoxy) is 1. The second kappa shape index (κ2) is 4.92. The Hall–Kier alpha value is -1.03. The maximum Gasteiger partial charge on any atom is 0.162 e. The van der Waals surface area contributed by atoms with Gasteiger partial charge in [-0.15, -0.1) is 0 Å². The number of aliphatic hydroxyl groups is 1. The minimum atomic E-state index is -0.864. The quantitative estimate of drug-likeness (QED) is 0.876. The fourth-order valence-electron chi connectivity index (χ4n) is 2.76. The van der Waals surface area contributed by atoms with E-state index < -0.39 is 5.60 Å². The summed E-state index contributed by atoms with van der Waals surface area (Å²) in [6.45, 7) is 6.01. The van der Waals surface area contributed by atoms with E-state index in [1.807, 2.05) is 11.6 Å². The lowest BCUT2D eigenvalue weighted by atomic mass is 9.77. The molecular formula is C14H24N2O2. The summed E-state index contributed by atoms with van der Waals surface area (Å²) in [6.07, 6.45) is 6.25. The van der Waals surface area contributed by atoms with E-state index in [1.54, 1.807) is 13.3 Å². The van der Waals surface area contributed by atoms with Gasteiger partial charge in [-0.2, -0.15) is 5.10 Å². The summed E-state index contributed by atoms with van der Waals surface area (Å²) in [5, 5.41) is 15.1. The fraction of sp³-hybridized carbons (Fsp3) is 0.786. The third-order valence-corrected chi connectivity index (χ3v) is 3.89. The van der Waals surface area contributed by atoms with Gasteiger partial charge in [-0.05, 0) is 33.1 Å². The third kappa shape index (κ3) is 2.39. The van der Waals surface area contributed by atoms with Crippen LogP contribution in [0.4, 0.5) is 0 Å². The highest BCUT2D eigenvalue weighted by Crippen LogP contribution is 2.41. The first-order valence-electron chi connectivity index (χ1n) is 6.80. The van der Waals surface area contributed by atoms with Crippen LogP contribution in [0.2, 0.25) is 0 Å². The van der Waals surface area contributed by atoms with Crippen molar-refractivity contribution in [3.63, 3.8) is 0 Å². The van der Waals surface area contributed by atoms with Crippen LogP contribution in [0.1, 0.15) is 58.2 Å². The largest absolute Gasteiger partial charge is 0.493 e. The molecule has 1 unspecified atom stereocenters. The van der Waals surface area contributed by atoms with Gasteiger partial charge in [-0.3, -0.25) is 4.68 Å². The van der Waals surface area contributed by atoms with Crippen molar-refractivity contribution in [3.8, 4) is 5.75 Å². The van der Waals surface area contributed by atoms with E-state index in [0.717, 1.165) is 12.1 Å². The Kier molecular flexibility index (Phi) is 3.66. The molecule has 102 valence electrons. The molecule has 1 aromatic rings. The van der Waals surface area contributed by atoms with E-state index in [4.69, 9.17) is 4.74 Å². The lowest BCUT2D eigenvalue weighted by Gasteiger charge is -2.34. The van der Waals surface area contributed by atoms with Crippen LogP contribution in [-0.4, -0.2) is 22.0 Å². The molecule has 1 aliphatic carbocycles. The molecule has 1 atom stereocenters. The van der Waals surface area contributed by atoms with Crippen LogP contribution in [0.3, 0.4) is 0 Å². The summed E-state index contributed by atoms with van der Waals surface area (Å²) < 4.78 is 7.22. The van der Waals surface area contributed by atoms with Crippen LogP contribution in [-0.2, 0) is 5.60 Å². The predicted molar refractivity (Wildman–Crippen MR) is 70.7 cm³/mol. The van der Waals surface area contributed by atoms with E-state index in [1.165, 1.54) is 19.3 Å². The average Bonchev–Trinajstić information content (AvgIpc) is 2.68. The molecule has 0 amide bonds. The average molecular weight is 252 g/mol. The van der Waals surface area contributed by atoms with Crippen LogP contribution < -0.4 is 4.74 Å². The van der Waals surface area contributed by atoms with E-state index in [9.17, 15) is 5.11 Å². The maximum absolute atomic E-state index is 10.8. The van der Waals surface area contributed by atoms with Gasteiger partial charge < -0.3 is 9.84 Å². The molecule has 1 fully saturated rings. The molecular weight excluding hydrogens is 228 g/mol. The Labute approximate surface area is 109 Å². The first-order valence-corrected chi connectivity index (χ1v) is 6.80. The normalized spacial score (nSPS) is 19.7. The van der Waals surface area contributed by atoms with Crippen molar-refractivity contribution in [2.75, 3.05) is 7.11 Å². The van der Waals surface area contributed by atoms with Crippen molar-refractivity contribution < 1.29 is 9.84 Å². The van der Waals surface area contributed by atoms with E-state index in [0.29, 0.717) is 11.7 Å². The molecule has 4 nitrogen and oxygen atoms in total. The molecule has 0 aromatic carbocycles. The van der Waals surface area contributed by atoms with Gasteiger partial charge in [0.25, 0.3) is 0 Å². The van der Waals surface area contributed by atoms with E-state index in [2.05, 4.69) is 18.9 Å². The Bertz CT molecular complexity index is 406. The minimum Gasteiger partial charge on any atom is -0.493 e. The summed E-state index contributed by atoms with van der Waals surface area (Å²) in [5.74, 6) is 1.33. The molecule has 2 rings (SSSR count). The van der Waals surface area contributed by atoms with Crippen molar-refractivity contribution in [3.05, 3.63) is 11.9 Å². The molecule has 0 spiro atoms. The number of nitrogens with zero attached hydrogens (tertiary/aromatic N) is 2. The first-order chi connectivity index (χ1) is 8.45. The van der Waals surface area contributed by atoms with E-state index in [-0.39, 0.29) is 6.04 Å². The summed E-state index contributed by atoms with van der Waals surface area (Å²) in [4.78, 5) is 0. The van der Waals surface area contributed by atoms with Crippen LogP contribution >= 0.6 is 0 Å². The van der Waals surface area contributed by atoms with Gasteiger partial charge in [0.1, 0.15) is 11.3 Å². The SMILES string of the molecule is COc1cnn(C(C)C)c1C(C)(O)CC1CCC1. The predicted octanol–water partition coefficient (Wildman–Crippen LogP) is 2.87. The molecule has 18 heavy (non-hydrogen) atoms.